The molecular weight excluding hydrogens is 322 g/mol. The van der Waals surface area contributed by atoms with Crippen LogP contribution in [0.3, 0.4) is 0 Å². The van der Waals surface area contributed by atoms with Gasteiger partial charge >= 0.3 is 0 Å². The normalized spacial score (nSPS) is 10.6. The van der Waals surface area contributed by atoms with E-state index in [0.717, 1.165) is 17.1 Å². The third-order valence-corrected chi connectivity index (χ3v) is 3.65. The minimum atomic E-state index is -0.0358. The second kappa shape index (κ2) is 8.14. The van der Waals surface area contributed by atoms with Crippen LogP contribution >= 0.6 is 0 Å². The van der Waals surface area contributed by atoms with Crippen LogP contribution in [0.15, 0.2) is 51.6 Å². The molecule has 0 aliphatic heterocycles. The standard InChI is InChI=1S/C18H19N3O4/c1-23-14-9-7-13(8-10-14)18-20-17(25-21-18)6-2-5-16(22)19-12-15-4-3-11-24-15/h3-4,7-11H,2,5-6,12H2,1H3,(H,19,22). The quantitative estimate of drug-likeness (QED) is 0.677. The summed E-state index contributed by atoms with van der Waals surface area (Å²) in [4.78, 5) is 16.1. The van der Waals surface area contributed by atoms with Gasteiger partial charge in [0.25, 0.3) is 0 Å². The molecule has 0 aliphatic rings. The second-order valence-electron chi connectivity index (χ2n) is 5.45. The van der Waals surface area contributed by atoms with Crippen molar-refractivity contribution in [1.29, 1.82) is 0 Å². The van der Waals surface area contributed by atoms with Gasteiger partial charge in [0.15, 0.2) is 0 Å². The third-order valence-electron chi connectivity index (χ3n) is 3.65. The molecule has 0 bridgehead atoms. The van der Waals surface area contributed by atoms with E-state index in [9.17, 15) is 4.79 Å². The van der Waals surface area contributed by atoms with Crippen LogP contribution in [0.1, 0.15) is 24.5 Å². The minimum absolute atomic E-state index is 0.0358. The van der Waals surface area contributed by atoms with E-state index >= 15 is 0 Å². The number of aromatic nitrogens is 2. The molecule has 130 valence electrons. The van der Waals surface area contributed by atoms with Crippen molar-refractivity contribution < 1.29 is 18.5 Å². The Morgan fingerprint density at radius 2 is 2.08 bits per heavy atom. The number of ether oxygens (including phenoxy) is 1. The lowest BCUT2D eigenvalue weighted by atomic mass is 10.2. The summed E-state index contributed by atoms with van der Waals surface area (Å²) in [6.07, 6.45) is 3.16. The van der Waals surface area contributed by atoms with Crippen molar-refractivity contribution in [3.8, 4) is 17.1 Å². The smallest absolute Gasteiger partial charge is 0.226 e. The van der Waals surface area contributed by atoms with E-state index in [-0.39, 0.29) is 5.91 Å². The van der Waals surface area contributed by atoms with E-state index in [0.29, 0.717) is 37.5 Å². The number of nitrogens with one attached hydrogen (secondary N) is 1. The summed E-state index contributed by atoms with van der Waals surface area (Å²) in [5, 5.41) is 6.77. The van der Waals surface area contributed by atoms with Crippen LogP contribution in [0, 0.1) is 0 Å². The second-order valence-corrected chi connectivity index (χ2v) is 5.45. The number of methoxy groups -OCH3 is 1. The van der Waals surface area contributed by atoms with Gasteiger partial charge in [-0.1, -0.05) is 5.16 Å². The molecule has 7 heteroatoms. The van der Waals surface area contributed by atoms with E-state index < -0.39 is 0 Å². The number of furan rings is 1. The molecule has 0 aliphatic carbocycles. The van der Waals surface area contributed by atoms with Gasteiger partial charge in [0.2, 0.25) is 17.6 Å². The summed E-state index contributed by atoms with van der Waals surface area (Å²) < 4.78 is 15.5. The zero-order chi connectivity index (χ0) is 17.5. The predicted octanol–water partition coefficient (Wildman–Crippen LogP) is 2.98. The number of carbonyl (C=O) groups is 1. The fourth-order valence-corrected chi connectivity index (χ4v) is 2.30. The molecule has 0 unspecified atom stereocenters. The van der Waals surface area contributed by atoms with E-state index in [1.165, 1.54) is 0 Å². The summed E-state index contributed by atoms with van der Waals surface area (Å²) >= 11 is 0. The van der Waals surface area contributed by atoms with Gasteiger partial charge in [-0.25, -0.2) is 0 Å². The van der Waals surface area contributed by atoms with Gasteiger partial charge in [0, 0.05) is 18.4 Å². The maximum absolute atomic E-state index is 11.8. The van der Waals surface area contributed by atoms with Crippen LogP contribution in [0.5, 0.6) is 5.75 Å². The Morgan fingerprint density at radius 3 is 2.80 bits per heavy atom. The Kier molecular flexibility index (Phi) is 5.46. The molecule has 1 amide bonds. The molecule has 0 radical (unpaired) electrons. The van der Waals surface area contributed by atoms with Crippen LogP contribution in [0.4, 0.5) is 0 Å². The van der Waals surface area contributed by atoms with Crippen LogP contribution in [-0.4, -0.2) is 23.2 Å². The molecule has 3 rings (SSSR count). The molecule has 25 heavy (non-hydrogen) atoms. The van der Waals surface area contributed by atoms with Gasteiger partial charge in [0.05, 0.1) is 19.9 Å². The minimum Gasteiger partial charge on any atom is -0.497 e. The van der Waals surface area contributed by atoms with Gasteiger partial charge in [-0.3, -0.25) is 4.79 Å². The Bertz CT molecular complexity index is 794. The lowest BCUT2D eigenvalue weighted by molar-refractivity contribution is -0.121. The Balaban J connectivity index is 1.44. The van der Waals surface area contributed by atoms with Crippen LogP contribution in [-0.2, 0) is 17.8 Å². The van der Waals surface area contributed by atoms with Crippen molar-refractivity contribution in [2.75, 3.05) is 7.11 Å². The topological polar surface area (TPSA) is 90.4 Å². The van der Waals surface area contributed by atoms with Crippen LogP contribution in [0.25, 0.3) is 11.4 Å². The van der Waals surface area contributed by atoms with Crippen molar-refractivity contribution in [2.45, 2.75) is 25.8 Å². The maximum Gasteiger partial charge on any atom is 0.226 e. The zero-order valence-electron chi connectivity index (χ0n) is 13.9. The number of hydrogen-bond donors (Lipinski definition) is 1. The molecule has 0 fully saturated rings. The lowest BCUT2D eigenvalue weighted by Gasteiger charge is -2.01. The largest absolute Gasteiger partial charge is 0.497 e. The number of benzene rings is 1. The van der Waals surface area contributed by atoms with Gasteiger partial charge in [-0.15, -0.1) is 0 Å². The molecule has 1 N–H and O–H groups in total. The fourth-order valence-electron chi connectivity index (χ4n) is 2.30. The predicted molar refractivity (Wildman–Crippen MR) is 89.8 cm³/mol. The maximum atomic E-state index is 11.8. The number of nitrogens with zero attached hydrogens (tertiary/aromatic N) is 2. The van der Waals surface area contributed by atoms with E-state index in [1.54, 1.807) is 19.4 Å². The molecule has 0 atom stereocenters. The number of carbonyl (C=O) groups excluding carboxylic acids is 1. The average Bonchev–Trinajstić information content (AvgIpc) is 3.32. The SMILES string of the molecule is COc1ccc(-c2noc(CCCC(=O)NCc3ccco3)n2)cc1. The van der Waals surface area contributed by atoms with Gasteiger partial charge in [-0.2, -0.15) is 4.98 Å². The third kappa shape index (κ3) is 4.69. The summed E-state index contributed by atoms with van der Waals surface area (Å²) in [6.45, 7) is 0.397. The Hall–Kier alpha value is -3.09. The molecular formula is C18H19N3O4. The summed E-state index contributed by atoms with van der Waals surface area (Å²) in [5.41, 5.74) is 0.854. The van der Waals surface area contributed by atoms with Gasteiger partial charge < -0.3 is 19.0 Å². The summed E-state index contributed by atoms with van der Waals surface area (Å²) in [6, 6.07) is 11.0. The van der Waals surface area contributed by atoms with Crippen molar-refractivity contribution in [3.63, 3.8) is 0 Å². The fraction of sp³-hybridized carbons (Fsp3) is 0.278. The molecule has 0 spiro atoms. The molecule has 1 aromatic carbocycles. The van der Waals surface area contributed by atoms with Gasteiger partial charge in [-0.05, 0) is 42.8 Å². The Labute approximate surface area is 145 Å². The number of aryl methyl sites for hydroxylation is 1. The number of amides is 1. The van der Waals surface area contributed by atoms with Crippen molar-refractivity contribution >= 4 is 5.91 Å². The number of hydrogen-bond acceptors (Lipinski definition) is 6. The molecule has 7 nitrogen and oxygen atoms in total. The highest BCUT2D eigenvalue weighted by molar-refractivity contribution is 5.75. The molecule has 0 saturated heterocycles. The van der Waals surface area contributed by atoms with E-state index in [2.05, 4.69) is 15.5 Å². The summed E-state index contributed by atoms with van der Waals surface area (Å²) in [5.74, 6) is 2.51. The van der Waals surface area contributed by atoms with E-state index in [1.807, 2.05) is 30.3 Å². The highest BCUT2D eigenvalue weighted by atomic mass is 16.5. The average molecular weight is 341 g/mol. The van der Waals surface area contributed by atoms with Crippen molar-refractivity contribution in [1.82, 2.24) is 15.5 Å². The van der Waals surface area contributed by atoms with Crippen LogP contribution < -0.4 is 10.1 Å². The van der Waals surface area contributed by atoms with Crippen molar-refractivity contribution in [2.24, 2.45) is 0 Å². The van der Waals surface area contributed by atoms with Crippen LogP contribution in [0.2, 0.25) is 0 Å². The lowest BCUT2D eigenvalue weighted by Crippen LogP contribution is -2.22. The zero-order valence-corrected chi connectivity index (χ0v) is 13.9. The van der Waals surface area contributed by atoms with E-state index in [4.69, 9.17) is 13.7 Å². The Morgan fingerprint density at radius 1 is 1.24 bits per heavy atom. The molecule has 3 aromatic rings. The summed E-state index contributed by atoms with van der Waals surface area (Å²) in [7, 11) is 1.62. The highest BCUT2D eigenvalue weighted by Crippen LogP contribution is 2.20. The molecule has 0 saturated carbocycles. The molecule has 2 aromatic heterocycles. The number of rotatable bonds is 8. The van der Waals surface area contributed by atoms with Crippen molar-refractivity contribution in [3.05, 3.63) is 54.3 Å². The molecule has 2 heterocycles. The first kappa shape index (κ1) is 16.8. The van der Waals surface area contributed by atoms with Gasteiger partial charge in [0.1, 0.15) is 11.5 Å². The highest BCUT2D eigenvalue weighted by Gasteiger charge is 2.10. The monoisotopic (exact) mass is 341 g/mol. The first-order valence-corrected chi connectivity index (χ1v) is 8.00. The first-order chi connectivity index (χ1) is 12.2. The first-order valence-electron chi connectivity index (χ1n) is 8.00.